The van der Waals surface area contributed by atoms with Crippen LogP contribution < -0.4 is 5.32 Å². The molecule has 3 rings (SSSR count). The summed E-state index contributed by atoms with van der Waals surface area (Å²) in [5.74, 6) is 0. The van der Waals surface area contributed by atoms with Crippen molar-refractivity contribution in [1.82, 2.24) is 9.88 Å². The lowest BCUT2D eigenvalue weighted by Gasteiger charge is -2.17. The molecule has 0 amide bonds. The Kier molecular flexibility index (Phi) is 4.16. The molecule has 1 saturated heterocycles. The number of likely N-dealkylation sites (tertiary alicyclic amines) is 1. The zero-order chi connectivity index (χ0) is 13.8. The van der Waals surface area contributed by atoms with Gasteiger partial charge >= 0.3 is 0 Å². The zero-order valence-corrected chi connectivity index (χ0v) is 12.2. The number of rotatable bonds is 5. The molecule has 1 atom stereocenters. The molecule has 3 nitrogen and oxygen atoms in total. The highest BCUT2D eigenvalue weighted by molar-refractivity contribution is 5.84. The summed E-state index contributed by atoms with van der Waals surface area (Å²) in [6.45, 7) is 5.91. The molecule has 106 valence electrons. The fourth-order valence-electron chi connectivity index (χ4n) is 2.94. The van der Waals surface area contributed by atoms with Crippen LogP contribution in [-0.4, -0.2) is 35.6 Å². The average molecular weight is 269 g/mol. The summed E-state index contributed by atoms with van der Waals surface area (Å²) in [5.41, 5.74) is 1.23. The van der Waals surface area contributed by atoms with Crippen molar-refractivity contribution >= 4 is 16.5 Å². The third-order valence-electron chi connectivity index (χ3n) is 4.11. The van der Waals surface area contributed by atoms with E-state index in [1.54, 1.807) is 0 Å². The summed E-state index contributed by atoms with van der Waals surface area (Å²) >= 11 is 0. The number of aromatic nitrogens is 1. The molecule has 1 aromatic carbocycles. The van der Waals surface area contributed by atoms with E-state index in [0.717, 1.165) is 0 Å². The molecule has 0 spiro atoms. The van der Waals surface area contributed by atoms with Crippen molar-refractivity contribution in [3.05, 3.63) is 36.7 Å². The van der Waals surface area contributed by atoms with Gasteiger partial charge in [0.25, 0.3) is 0 Å². The average Bonchev–Trinajstić information content (AvgIpc) is 2.92. The minimum Gasteiger partial charge on any atom is -0.381 e. The lowest BCUT2D eigenvalue weighted by molar-refractivity contribution is 0.330. The summed E-state index contributed by atoms with van der Waals surface area (Å²) in [6.07, 6.45) is 7.62. The van der Waals surface area contributed by atoms with Crippen molar-refractivity contribution in [3.63, 3.8) is 0 Å². The summed E-state index contributed by atoms with van der Waals surface area (Å²) < 4.78 is 0. The van der Waals surface area contributed by atoms with E-state index >= 15 is 0 Å². The molecule has 3 heteroatoms. The van der Waals surface area contributed by atoms with Crippen molar-refractivity contribution < 1.29 is 0 Å². The zero-order valence-electron chi connectivity index (χ0n) is 12.2. The lowest BCUT2D eigenvalue weighted by Crippen LogP contribution is -2.26. The maximum Gasteiger partial charge on any atom is 0.0400 e. The molecule has 0 saturated carbocycles. The van der Waals surface area contributed by atoms with Crippen LogP contribution in [0, 0.1) is 0 Å². The Bertz CT molecular complexity index is 567. The molecule has 20 heavy (non-hydrogen) atoms. The Morgan fingerprint density at radius 3 is 3.15 bits per heavy atom. The van der Waals surface area contributed by atoms with Gasteiger partial charge in [-0.05, 0) is 43.0 Å². The number of hydrogen-bond donors (Lipinski definition) is 1. The van der Waals surface area contributed by atoms with Gasteiger partial charge in [-0.1, -0.05) is 19.4 Å². The molecular weight excluding hydrogens is 246 g/mol. The van der Waals surface area contributed by atoms with Gasteiger partial charge in [-0.3, -0.25) is 4.98 Å². The second-order valence-corrected chi connectivity index (χ2v) is 5.72. The molecule has 0 unspecified atom stereocenters. The molecule has 2 aromatic rings. The van der Waals surface area contributed by atoms with Crippen molar-refractivity contribution in [2.75, 3.05) is 25.0 Å². The quantitative estimate of drug-likeness (QED) is 0.900. The predicted octanol–water partition coefficient (Wildman–Crippen LogP) is 3.52. The van der Waals surface area contributed by atoms with Gasteiger partial charge in [0.1, 0.15) is 0 Å². The van der Waals surface area contributed by atoms with Crippen LogP contribution in [0.1, 0.15) is 26.2 Å². The van der Waals surface area contributed by atoms with E-state index in [2.05, 4.69) is 46.4 Å². The molecule has 0 bridgehead atoms. The number of nitrogens with zero attached hydrogens (tertiary/aromatic N) is 2. The second-order valence-electron chi connectivity index (χ2n) is 5.72. The molecule has 0 aliphatic carbocycles. The Morgan fingerprint density at radius 1 is 1.30 bits per heavy atom. The molecule has 1 aliphatic rings. The minimum atomic E-state index is 0.589. The first-order valence-corrected chi connectivity index (χ1v) is 7.68. The van der Waals surface area contributed by atoms with Crippen LogP contribution in [0.25, 0.3) is 10.8 Å². The van der Waals surface area contributed by atoms with E-state index in [9.17, 15) is 0 Å². The van der Waals surface area contributed by atoms with Crippen LogP contribution >= 0.6 is 0 Å². The van der Waals surface area contributed by atoms with Gasteiger partial charge in [0.15, 0.2) is 0 Å². The van der Waals surface area contributed by atoms with E-state index in [1.165, 1.54) is 55.4 Å². The van der Waals surface area contributed by atoms with Crippen LogP contribution in [0.2, 0.25) is 0 Å². The number of fused-ring (bicyclic) bond motifs is 1. The number of hydrogen-bond acceptors (Lipinski definition) is 3. The van der Waals surface area contributed by atoms with Gasteiger partial charge in [-0.25, -0.2) is 0 Å². The topological polar surface area (TPSA) is 28.2 Å². The minimum absolute atomic E-state index is 0.589. The number of nitrogens with one attached hydrogen (secondary N) is 1. The second kappa shape index (κ2) is 6.23. The van der Waals surface area contributed by atoms with Gasteiger partial charge in [-0.2, -0.15) is 0 Å². The first kappa shape index (κ1) is 13.4. The Labute approximate surface area is 121 Å². The summed E-state index contributed by atoms with van der Waals surface area (Å²) in [5, 5.41) is 6.14. The van der Waals surface area contributed by atoms with E-state index in [4.69, 9.17) is 0 Å². The third-order valence-corrected chi connectivity index (χ3v) is 4.11. The maximum atomic E-state index is 4.16. The fourth-order valence-corrected chi connectivity index (χ4v) is 2.94. The standard InChI is InChI=1S/C17H23N3/c1-2-3-9-20-10-7-17(13-20)19-16-5-4-15-12-18-8-6-14(15)11-16/h4-6,8,11-12,17,19H,2-3,7,9-10,13H2,1H3/t17-/m1/s1. The van der Waals surface area contributed by atoms with Gasteiger partial charge in [0.2, 0.25) is 0 Å². The Hall–Kier alpha value is -1.61. The lowest BCUT2D eigenvalue weighted by atomic mass is 10.1. The van der Waals surface area contributed by atoms with Gasteiger partial charge in [-0.15, -0.1) is 0 Å². The van der Waals surface area contributed by atoms with Crippen molar-refractivity contribution in [1.29, 1.82) is 0 Å². The maximum absolute atomic E-state index is 4.16. The highest BCUT2D eigenvalue weighted by Crippen LogP contribution is 2.21. The smallest absolute Gasteiger partial charge is 0.0400 e. The van der Waals surface area contributed by atoms with E-state index in [0.29, 0.717) is 6.04 Å². The van der Waals surface area contributed by atoms with Crippen LogP contribution in [0.5, 0.6) is 0 Å². The fraction of sp³-hybridized carbons (Fsp3) is 0.471. The van der Waals surface area contributed by atoms with Gasteiger partial charge < -0.3 is 10.2 Å². The number of benzene rings is 1. The summed E-state index contributed by atoms with van der Waals surface area (Å²) in [7, 11) is 0. The van der Waals surface area contributed by atoms with Crippen LogP contribution in [-0.2, 0) is 0 Å². The molecule has 1 fully saturated rings. The van der Waals surface area contributed by atoms with E-state index in [-0.39, 0.29) is 0 Å². The molecule has 0 radical (unpaired) electrons. The van der Waals surface area contributed by atoms with Gasteiger partial charge in [0, 0.05) is 42.6 Å². The molecule has 2 heterocycles. The van der Waals surface area contributed by atoms with E-state index < -0.39 is 0 Å². The van der Waals surface area contributed by atoms with Crippen LogP contribution in [0.15, 0.2) is 36.7 Å². The molecule has 1 aliphatic heterocycles. The number of unbranched alkanes of at least 4 members (excludes halogenated alkanes) is 1. The SMILES string of the molecule is CCCCN1CC[C@@H](Nc2ccc3cnccc3c2)C1. The summed E-state index contributed by atoms with van der Waals surface area (Å²) in [4.78, 5) is 6.73. The molecular formula is C17H23N3. The largest absolute Gasteiger partial charge is 0.381 e. The summed E-state index contributed by atoms with van der Waals surface area (Å²) in [6, 6.07) is 9.20. The molecule has 1 aromatic heterocycles. The Balaban J connectivity index is 1.62. The van der Waals surface area contributed by atoms with Crippen LogP contribution in [0.4, 0.5) is 5.69 Å². The van der Waals surface area contributed by atoms with E-state index in [1.807, 2.05) is 12.4 Å². The third kappa shape index (κ3) is 3.10. The van der Waals surface area contributed by atoms with Crippen molar-refractivity contribution in [2.45, 2.75) is 32.2 Å². The first-order valence-electron chi connectivity index (χ1n) is 7.68. The number of anilines is 1. The Morgan fingerprint density at radius 2 is 2.25 bits per heavy atom. The monoisotopic (exact) mass is 269 g/mol. The van der Waals surface area contributed by atoms with Crippen molar-refractivity contribution in [3.8, 4) is 0 Å². The predicted molar refractivity (Wildman–Crippen MR) is 85.1 cm³/mol. The van der Waals surface area contributed by atoms with Crippen molar-refractivity contribution in [2.24, 2.45) is 0 Å². The van der Waals surface area contributed by atoms with Crippen LogP contribution in [0.3, 0.4) is 0 Å². The van der Waals surface area contributed by atoms with Gasteiger partial charge in [0.05, 0.1) is 0 Å². The first-order chi connectivity index (χ1) is 9.85. The number of pyridine rings is 1. The molecule has 1 N–H and O–H groups in total. The highest BCUT2D eigenvalue weighted by Gasteiger charge is 2.21. The normalized spacial score (nSPS) is 19.6. The highest BCUT2D eigenvalue weighted by atomic mass is 15.2.